The summed E-state index contributed by atoms with van der Waals surface area (Å²) >= 11 is 0. The predicted octanol–water partition coefficient (Wildman–Crippen LogP) is 1.91. The average molecular weight is 301 g/mol. The molecule has 0 aromatic heterocycles. The highest BCUT2D eigenvalue weighted by molar-refractivity contribution is 5.61. The molecule has 2 heterocycles. The molecule has 0 N–H and O–H groups in total. The van der Waals surface area contributed by atoms with Crippen molar-refractivity contribution in [1.82, 2.24) is 9.80 Å². The molecule has 5 nitrogen and oxygen atoms in total. The molecule has 3 rings (SSSR count). The van der Waals surface area contributed by atoms with Crippen LogP contribution in [-0.4, -0.2) is 68.7 Å². The Balaban J connectivity index is 1.61. The van der Waals surface area contributed by atoms with Crippen LogP contribution in [0, 0.1) is 0 Å². The zero-order chi connectivity index (χ0) is 15.5. The molecule has 2 aliphatic rings. The lowest BCUT2D eigenvalue weighted by Crippen LogP contribution is -2.48. The lowest BCUT2D eigenvalue weighted by Gasteiger charge is -2.38. The van der Waals surface area contributed by atoms with E-state index in [1.165, 1.54) is 11.4 Å². The van der Waals surface area contributed by atoms with Crippen molar-refractivity contribution in [3.05, 3.63) is 24.3 Å². The molecule has 0 saturated carbocycles. The van der Waals surface area contributed by atoms with Crippen LogP contribution >= 0.6 is 0 Å². The van der Waals surface area contributed by atoms with Gasteiger partial charge in [-0.1, -0.05) is 0 Å². The second kappa shape index (κ2) is 6.57. The van der Waals surface area contributed by atoms with E-state index in [2.05, 4.69) is 69.8 Å². The minimum atomic E-state index is 0.654. The first-order valence-corrected chi connectivity index (χ1v) is 8.17. The molecule has 5 heteroatoms. The number of hydrogen-bond donors (Lipinski definition) is 0. The van der Waals surface area contributed by atoms with Gasteiger partial charge in [0.15, 0.2) is 0 Å². The van der Waals surface area contributed by atoms with E-state index in [-0.39, 0.29) is 0 Å². The lowest BCUT2D eigenvalue weighted by atomic mass is 10.2. The summed E-state index contributed by atoms with van der Waals surface area (Å²) in [6.07, 6.45) is 1.90. The van der Waals surface area contributed by atoms with Crippen LogP contribution in [0.15, 0.2) is 29.3 Å². The van der Waals surface area contributed by atoms with Crippen LogP contribution in [0.3, 0.4) is 0 Å². The summed E-state index contributed by atoms with van der Waals surface area (Å²) < 4.78 is 0. The molecule has 0 radical (unpaired) electrons. The molecule has 1 aromatic rings. The first-order valence-electron chi connectivity index (χ1n) is 8.17. The maximum Gasteiger partial charge on any atom is 0.113 e. The molecular weight excluding hydrogens is 274 g/mol. The van der Waals surface area contributed by atoms with Crippen molar-refractivity contribution in [2.45, 2.75) is 19.9 Å². The summed E-state index contributed by atoms with van der Waals surface area (Å²) in [5.41, 5.74) is 2.58. The molecule has 0 atom stereocenters. The molecule has 120 valence electrons. The Morgan fingerprint density at radius 1 is 0.909 bits per heavy atom. The molecule has 1 fully saturated rings. The van der Waals surface area contributed by atoms with Crippen LogP contribution in [0.5, 0.6) is 0 Å². The minimum Gasteiger partial charge on any atom is -0.369 e. The topological polar surface area (TPSA) is 25.3 Å². The third-order valence-corrected chi connectivity index (χ3v) is 4.55. The number of piperazine rings is 1. The SMILES string of the molecule is CC(C)N1CCN(c2ccc(N3CN=CN(C)C3)cc2)CC1. The van der Waals surface area contributed by atoms with Crippen molar-refractivity contribution in [3.63, 3.8) is 0 Å². The number of benzene rings is 1. The zero-order valence-corrected chi connectivity index (χ0v) is 13.9. The fourth-order valence-corrected chi connectivity index (χ4v) is 3.16. The fourth-order valence-electron chi connectivity index (χ4n) is 3.16. The van der Waals surface area contributed by atoms with Crippen LogP contribution in [-0.2, 0) is 0 Å². The number of hydrogen-bond acceptors (Lipinski definition) is 5. The van der Waals surface area contributed by atoms with Gasteiger partial charge >= 0.3 is 0 Å². The van der Waals surface area contributed by atoms with E-state index in [1.54, 1.807) is 0 Å². The Labute approximate surface area is 133 Å². The molecule has 1 aromatic carbocycles. The van der Waals surface area contributed by atoms with E-state index >= 15 is 0 Å². The van der Waals surface area contributed by atoms with Gasteiger partial charge in [-0.2, -0.15) is 0 Å². The molecular formula is C17H27N5. The molecule has 2 aliphatic heterocycles. The van der Waals surface area contributed by atoms with Gasteiger partial charge in [0.1, 0.15) is 6.67 Å². The highest BCUT2D eigenvalue weighted by atomic mass is 15.4. The van der Waals surface area contributed by atoms with Crippen LogP contribution in [0.1, 0.15) is 13.8 Å². The second-order valence-electron chi connectivity index (χ2n) is 6.51. The van der Waals surface area contributed by atoms with Gasteiger partial charge < -0.3 is 14.7 Å². The Morgan fingerprint density at radius 2 is 1.50 bits per heavy atom. The largest absolute Gasteiger partial charge is 0.369 e. The van der Waals surface area contributed by atoms with Crippen molar-refractivity contribution < 1.29 is 0 Å². The summed E-state index contributed by atoms with van der Waals surface area (Å²) in [6.45, 7) is 10.8. The molecule has 22 heavy (non-hydrogen) atoms. The Bertz CT molecular complexity index is 502. The van der Waals surface area contributed by atoms with Crippen LogP contribution in [0.2, 0.25) is 0 Å². The summed E-state index contributed by atoms with van der Waals surface area (Å²) in [6, 6.07) is 9.59. The standard InChI is InChI=1S/C17H27N5/c1-15(2)20-8-10-21(11-9-20)16-4-6-17(7-5-16)22-13-18-12-19(3)14-22/h4-7,12,15H,8-11,13-14H2,1-3H3. The van der Waals surface area contributed by atoms with Crippen LogP contribution < -0.4 is 9.80 Å². The van der Waals surface area contributed by atoms with Crippen LogP contribution in [0.25, 0.3) is 0 Å². The summed E-state index contributed by atoms with van der Waals surface area (Å²) in [7, 11) is 2.05. The quantitative estimate of drug-likeness (QED) is 0.852. The maximum absolute atomic E-state index is 4.36. The second-order valence-corrected chi connectivity index (χ2v) is 6.51. The third-order valence-electron chi connectivity index (χ3n) is 4.55. The summed E-state index contributed by atoms with van der Waals surface area (Å²) in [5.74, 6) is 0. The average Bonchev–Trinajstić information content (AvgIpc) is 2.55. The van der Waals surface area contributed by atoms with Gasteiger partial charge in [0.2, 0.25) is 0 Å². The highest BCUT2D eigenvalue weighted by Gasteiger charge is 2.19. The Morgan fingerprint density at radius 3 is 2.05 bits per heavy atom. The van der Waals surface area contributed by atoms with E-state index in [0.717, 1.165) is 39.5 Å². The van der Waals surface area contributed by atoms with Crippen molar-refractivity contribution in [2.75, 3.05) is 56.4 Å². The van der Waals surface area contributed by atoms with Crippen molar-refractivity contribution in [1.29, 1.82) is 0 Å². The summed E-state index contributed by atoms with van der Waals surface area (Å²) in [5, 5.41) is 0. The van der Waals surface area contributed by atoms with E-state index in [4.69, 9.17) is 0 Å². The number of rotatable bonds is 3. The van der Waals surface area contributed by atoms with Gasteiger partial charge in [-0.05, 0) is 38.1 Å². The van der Waals surface area contributed by atoms with Gasteiger partial charge in [-0.3, -0.25) is 9.89 Å². The lowest BCUT2D eigenvalue weighted by molar-refractivity contribution is 0.209. The third kappa shape index (κ3) is 3.35. The van der Waals surface area contributed by atoms with Crippen molar-refractivity contribution in [3.8, 4) is 0 Å². The molecule has 0 aliphatic carbocycles. The van der Waals surface area contributed by atoms with Crippen molar-refractivity contribution >= 4 is 17.7 Å². The van der Waals surface area contributed by atoms with Crippen LogP contribution in [0.4, 0.5) is 11.4 Å². The fraction of sp³-hybridized carbons (Fsp3) is 0.588. The van der Waals surface area contributed by atoms with E-state index in [9.17, 15) is 0 Å². The van der Waals surface area contributed by atoms with E-state index in [1.807, 2.05) is 6.34 Å². The number of aliphatic imine (C=N–C) groups is 1. The molecule has 0 spiro atoms. The Hall–Kier alpha value is -1.75. The number of anilines is 2. The minimum absolute atomic E-state index is 0.654. The monoisotopic (exact) mass is 301 g/mol. The maximum atomic E-state index is 4.36. The highest BCUT2D eigenvalue weighted by Crippen LogP contribution is 2.23. The predicted molar refractivity (Wildman–Crippen MR) is 93.8 cm³/mol. The first-order chi connectivity index (χ1) is 10.6. The number of nitrogens with zero attached hydrogens (tertiary/aromatic N) is 5. The zero-order valence-electron chi connectivity index (χ0n) is 13.9. The van der Waals surface area contributed by atoms with Gasteiger partial charge in [-0.15, -0.1) is 0 Å². The van der Waals surface area contributed by atoms with Gasteiger partial charge in [0.25, 0.3) is 0 Å². The van der Waals surface area contributed by atoms with Crippen molar-refractivity contribution in [2.24, 2.45) is 4.99 Å². The first kappa shape index (κ1) is 15.2. The summed E-state index contributed by atoms with van der Waals surface area (Å²) in [4.78, 5) is 13.8. The Kier molecular flexibility index (Phi) is 4.52. The normalized spacial score (nSPS) is 20.1. The van der Waals surface area contributed by atoms with Gasteiger partial charge in [0.05, 0.1) is 13.0 Å². The molecule has 0 amide bonds. The molecule has 0 unspecified atom stereocenters. The smallest absolute Gasteiger partial charge is 0.113 e. The van der Waals surface area contributed by atoms with E-state index in [0.29, 0.717) is 6.04 Å². The van der Waals surface area contributed by atoms with Gasteiger partial charge in [0, 0.05) is 50.6 Å². The van der Waals surface area contributed by atoms with Gasteiger partial charge in [-0.25, -0.2) is 0 Å². The van der Waals surface area contributed by atoms with E-state index < -0.39 is 0 Å². The molecule has 1 saturated heterocycles. The molecule has 0 bridgehead atoms.